The van der Waals surface area contributed by atoms with Gasteiger partial charge < -0.3 is 9.32 Å². The van der Waals surface area contributed by atoms with Gasteiger partial charge in [0.25, 0.3) is 5.91 Å². The summed E-state index contributed by atoms with van der Waals surface area (Å²) in [5, 5.41) is 5.34. The van der Waals surface area contributed by atoms with E-state index in [9.17, 15) is 4.79 Å². The normalized spacial score (nSPS) is 11.3. The number of hydrogen-bond acceptors (Lipinski definition) is 3. The van der Waals surface area contributed by atoms with E-state index in [0.717, 1.165) is 22.4 Å². The molecular formula is C18H21N3O2. The number of carbonyl (C=O) groups excluding carboxylic acids is 1. The first-order chi connectivity index (χ1) is 11.0. The Morgan fingerprint density at radius 3 is 2.65 bits per heavy atom. The molecule has 0 fully saturated rings. The lowest BCUT2D eigenvalue weighted by atomic mass is 10.2. The molecule has 3 aromatic rings. The van der Waals surface area contributed by atoms with Crippen molar-refractivity contribution in [2.75, 3.05) is 0 Å². The predicted octanol–water partition coefficient (Wildman–Crippen LogP) is 3.53. The number of furan rings is 1. The zero-order chi connectivity index (χ0) is 16.6. The van der Waals surface area contributed by atoms with E-state index in [1.807, 2.05) is 64.2 Å². The lowest BCUT2D eigenvalue weighted by Crippen LogP contribution is -2.36. The van der Waals surface area contributed by atoms with Crippen molar-refractivity contribution < 1.29 is 9.21 Å². The maximum absolute atomic E-state index is 12.8. The first-order valence-corrected chi connectivity index (χ1v) is 7.75. The van der Waals surface area contributed by atoms with Crippen molar-refractivity contribution in [2.45, 2.75) is 33.4 Å². The van der Waals surface area contributed by atoms with Crippen molar-refractivity contribution in [3.63, 3.8) is 0 Å². The van der Waals surface area contributed by atoms with Crippen LogP contribution in [-0.4, -0.2) is 26.6 Å². The summed E-state index contributed by atoms with van der Waals surface area (Å²) in [5.41, 5.74) is 2.27. The first kappa shape index (κ1) is 15.3. The number of fused-ring (bicyclic) bond motifs is 1. The predicted molar refractivity (Wildman–Crippen MR) is 89.2 cm³/mol. The van der Waals surface area contributed by atoms with E-state index in [1.54, 1.807) is 9.58 Å². The quantitative estimate of drug-likeness (QED) is 0.740. The maximum atomic E-state index is 12.8. The number of aryl methyl sites for hydroxylation is 2. The lowest BCUT2D eigenvalue weighted by molar-refractivity contribution is 0.0670. The maximum Gasteiger partial charge on any atom is 0.274 e. The number of nitrogens with zero attached hydrogens (tertiary/aromatic N) is 3. The van der Waals surface area contributed by atoms with E-state index in [2.05, 4.69) is 5.10 Å². The van der Waals surface area contributed by atoms with Crippen LogP contribution in [0.1, 0.15) is 35.8 Å². The molecule has 3 rings (SSSR count). The van der Waals surface area contributed by atoms with Crippen LogP contribution in [0.2, 0.25) is 0 Å². The summed E-state index contributed by atoms with van der Waals surface area (Å²) < 4.78 is 7.56. The molecule has 0 unspecified atom stereocenters. The molecule has 0 bridgehead atoms. The van der Waals surface area contributed by atoms with Gasteiger partial charge in [-0.2, -0.15) is 5.10 Å². The minimum atomic E-state index is -0.0795. The molecule has 0 aliphatic carbocycles. The van der Waals surface area contributed by atoms with E-state index >= 15 is 0 Å². The number of benzene rings is 1. The van der Waals surface area contributed by atoms with Gasteiger partial charge in [0.15, 0.2) is 5.69 Å². The second-order valence-electron chi connectivity index (χ2n) is 6.07. The molecule has 0 aliphatic rings. The molecule has 0 N–H and O–H groups in total. The molecule has 5 heteroatoms. The lowest BCUT2D eigenvalue weighted by Gasteiger charge is -2.24. The smallest absolute Gasteiger partial charge is 0.274 e. The molecule has 23 heavy (non-hydrogen) atoms. The fourth-order valence-corrected chi connectivity index (χ4v) is 2.58. The second kappa shape index (κ2) is 5.91. The summed E-state index contributed by atoms with van der Waals surface area (Å²) in [6.45, 7) is 6.36. The van der Waals surface area contributed by atoms with Crippen LogP contribution in [-0.2, 0) is 13.6 Å². The molecule has 0 saturated carbocycles. The van der Waals surface area contributed by atoms with Crippen molar-refractivity contribution in [3.05, 3.63) is 53.5 Å². The number of rotatable bonds is 4. The highest BCUT2D eigenvalue weighted by atomic mass is 16.3. The summed E-state index contributed by atoms with van der Waals surface area (Å²) in [4.78, 5) is 14.6. The summed E-state index contributed by atoms with van der Waals surface area (Å²) >= 11 is 0. The number of amides is 1. The second-order valence-corrected chi connectivity index (χ2v) is 6.07. The Hall–Kier alpha value is -2.56. The average Bonchev–Trinajstić information content (AvgIpc) is 3.07. The molecule has 1 aromatic carbocycles. The van der Waals surface area contributed by atoms with Crippen LogP contribution in [0, 0.1) is 6.92 Å². The molecule has 0 atom stereocenters. The minimum absolute atomic E-state index is 0.0537. The molecule has 5 nitrogen and oxygen atoms in total. The third-order valence-electron chi connectivity index (χ3n) is 4.02. The fourth-order valence-electron chi connectivity index (χ4n) is 2.58. The number of hydrogen-bond donors (Lipinski definition) is 0. The highest BCUT2D eigenvalue weighted by molar-refractivity contribution is 5.92. The molecule has 0 aliphatic heterocycles. The van der Waals surface area contributed by atoms with Gasteiger partial charge in [0.1, 0.15) is 11.3 Å². The fraction of sp³-hybridized carbons (Fsp3) is 0.333. The van der Waals surface area contributed by atoms with Gasteiger partial charge in [0.2, 0.25) is 0 Å². The summed E-state index contributed by atoms with van der Waals surface area (Å²) in [6, 6.07) is 11.7. The van der Waals surface area contributed by atoms with E-state index in [1.165, 1.54) is 0 Å². The van der Waals surface area contributed by atoms with Gasteiger partial charge in [0.05, 0.1) is 6.54 Å². The van der Waals surface area contributed by atoms with Gasteiger partial charge in [-0.05, 0) is 39.0 Å². The van der Waals surface area contributed by atoms with Crippen LogP contribution in [0.25, 0.3) is 11.0 Å². The van der Waals surface area contributed by atoms with Crippen LogP contribution in [0.15, 0.2) is 40.8 Å². The first-order valence-electron chi connectivity index (χ1n) is 7.75. The topological polar surface area (TPSA) is 51.3 Å². The molecule has 0 saturated heterocycles. The van der Waals surface area contributed by atoms with Crippen LogP contribution in [0.4, 0.5) is 0 Å². The Kier molecular flexibility index (Phi) is 3.94. The van der Waals surface area contributed by atoms with E-state index < -0.39 is 0 Å². The Labute approximate surface area is 135 Å². The highest BCUT2D eigenvalue weighted by Gasteiger charge is 2.23. The molecular weight excluding hydrogens is 290 g/mol. The highest BCUT2D eigenvalue weighted by Crippen LogP contribution is 2.21. The van der Waals surface area contributed by atoms with Crippen molar-refractivity contribution in [1.29, 1.82) is 0 Å². The Bertz CT molecular complexity index is 792. The van der Waals surface area contributed by atoms with E-state index in [4.69, 9.17) is 4.42 Å². The van der Waals surface area contributed by atoms with E-state index in [-0.39, 0.29) is 11.9 Å². The summed E-state index contributed by atoms with van der Waals surface area (Å²) in [7, 11) is 1.84. The molecule has 0 radical (unpaired) electrons. The summed E-state index contributed by atoms with van der Waals surface area (Å²) in [5.74, 6) is 0.699. The average molecular weight is 311 g/mol. The van der Waals surface area contributed by atoms with Gasteiger partial charge in [0, 0.05) is 24.2 Å². The molecule has 120 valence electrons. The number of carbonyl (C=O) groups is 1. The minimum Gasteiger partial charge on any atom is -0.459 e. The van der Waals surface area contributed by atoms with Gasteiger partial charge in [-0.1, -0.05) is 18.2 Å². The van der Waals surface area contributed by atoms with Crippen LogP contribution in [0.3, 0.4) is 0 Å². The SMILES string of the molecule is Cc1cc(C(=O)N(Cc2cc3ccccc3o2)C(C)C)nn1C. The zero-order valence-corrected chi connectivity index (χ0v) is 13.9. The Morgan fingerprint density at radius 1 is 1.30 bits per heavy atom. The molecule has 2 aromatic heterocycles. The van der Waals surface area contributed by atoms with Gasteiger partial charge in [-0.25, -0.2) is 0 Å². The van der Waals surface area contributed by atoms with Crippen molar-refractivity contribution >= 4 is 16.9 Å². The largest absolute Gasteiger partial charge is 0.459 e. The van der Waals surface area contributed by atoms with Crippen LogP contribution < -0.4 is 0 Å². The molecule has 0 spiro atoms. The third kappa shape index (κ3) is 2.99. The van der Waals surface area contributed by atoms with Crippen LogP contribution >= 0.6 is 0 Å². The zero-order valence-electron chi connectivity index (χ0n) is 13.9. The summed E-state index contributed by atoms with van der Waals surface area (Å²) in [6.07, 6.45) is 0. The van der Waals surface area contributed by atoms with Gasteiger partial charge in [-0.3, -0.25) is 9.48 Å². The molecule has 1 amide bonds. The Balaban J connectivity index is 1.87. The monoisotopic (exact) mass is 311 g/mol. The number of para-hydroxylation sites is 1. The van der Waals surface area contributed by atoms with Crippen molar-refractivity contribution in [3.8, 4) is 0 Å². The van der Waals surface area contributed by atoms with Gasteiger partial charge in [-0.15, -0.1) is 0 Å². The van der Waals surface area contributed by atoms with Crippen molar-refractivity contribution in [2.24, 2.45) is 7.05 Å². The number of aromatic nitrogens is 2. The Morgan fingerprint density at radius 2 is 2.04 bits per heavy atom. The van der Waals surface area contributed by atoms with E-state index in [0.29, 0.717) is 12.2 Å². The van der Waals surface area contributed by atoms with Crippen molar-refractivity contribution in [1.82, 2.24) is 14.7 Å². The molecule has 2 heterocycles. The third-order valence-corrected chi connectivity index (χ3v) is 4.02. The standard InChI is InChI=1S/C18H21N3O2/c1-12(2)21(18(22)16-9-13(3)20(4)19-16)11-15-10-14-7-5-6-8-17(14)23-15/h5-10,12H,11H2,1-4H3. The van der Waals surface area contributed by atoms with Gasteiger partial charge >= 0.3 is 0 Å². The van der Waals surface area contributed by atoms with Crippen LogP contribution in [0.5, 0.6) is 0 Å².